The summed E-state index contributed by atoms with van der Waals surface area (Å²) in [4.78, 5) is 49.9. The lowest BCUT2D eigenvalue weighted by Gasteiger charge is -2.15. The summed E-state index contributed by atoms with van der Waals surface area (Å²) >= 11 is 0. The molecule has 2 aromatic carbocycles. The molecule has 4 rings (SSSR count). The van der Waals surface area contributed by atoms with Gasteiger partial charge in [0.25, 0.3) is 5.91 Å². The van der Waals surface area contributed by atoms with E-state index in [9.17, 15) is 19.2 Å². The van der Waals surface area contributed by atoms with E-state index in [0.29, 0.717) is 24.1 Å². The minimum atomic E-state index is -0.679. The zero-order valence-electron chi connectivity index (χ0n) is 17.2. The highest BCUT2D eigenvalue weighted by atomic mass is 16.5. The minimum absolute atomic E-state index is 0.0781. The van der Waals surface area contributed by atoms with Crippen molar-refractivity contribution in [3.63, 3.8) is 0 Å². The second-order valence-electron chi connectivity index (χ2n) is 7.80. The third kappa shape index (κ3) is 4.82. The fourth-order valence-corrected chi connectivity index (χ4v) is 3.99. The second-order valence-corrected chi connectivity index (χ2v) is 7.80. The van der Waals surface area contributed by atoms with Crippen LogP contribution in [-0.2, 0) is 27.2 Å². The Morgan fingerprint density at radius 2 is 1.65 bits per heavy atom. The predicted molar refractivity (Wildman–Crippen MR) is 114 cm³/mol. The smallest absolute Gasteiger partial charge is 0.325 e. The molecule has 160 valence electrons. The van der Waals surface area contributed by atoms with Crippen molar-refractivity contribution in [2.45, 2.75) is 32.1 Å². The molecular formula is C24H24N2O5. The minimum Gasteiger partial charge on any atom is -0.456 e. The number of ketones is 1. The first-order valence-electron chi connectivity index (χ1n) is 10.5. The number of fused-ring (bicyclic) bond motifs is 1. The number of ether oxygens (including phenoxy) is 1. The number of Topliss-reactive ketones (excluding diaryl/α,β-unsaturated/α-hetero) is 1. The Hall–Kier alpha value is -3.48. The molecule has 1 heterocycles. The molecule has 1 fully saturated rings. The van der Waals surface area contributed by atoms with Crippen LogP contribution in [0, 0.1) is 0 Å². The molecule has 7 heteroatoms. The van der Waals surface area contributed by atoms with Gasteiger partial charge in [0, 0.05) is 29.8 Å². The Balaban J connectivity index is 1.23. The van der Waals surface area contributed by atoms with Gasteiger partial charge in [0.05, 0.1) is 0 Å². The van der Waals surface area contributed by atoms with Gasteiger partial charge >= 0.3 is 5.97 Å². The van der Waals surface area contributed by atoms with Gasteiger partial charge in [0.15, 0.2) is 12.4 Å². The highest BCUT2D eigenvalue weighted by Crippen LogP contribution is 2.23. The zero-order chi connectivity index (χ0) is 21.8. The summed E-state index contributed by atoms with van der Waals surface area (Å²) in [7, 11) is 0. The summed E-state index contributed by atoms with van der Waals surface area (Å²) in [5.74, 6) is -1.29. The second kappa shape index (κ2) is 9.12. The molecule has 7 nitrogen and oxygen atoms in total. The van der Waals surface area contributed by atoms with Crippen LogP contribution >= 0.6 is 0 Å². The third-order valence-corrected chi connectivity index (χ3v) is 5.69. The fourth-order valence-electron chi connectivity index (χ4n) is 3.99. The topological polar surface area (TPSA) is 92.8 Å². The van der Waals surface area contributed by atoms with Crippen LogP contribution in [0.3, 0.4) is 0 Å². The van der Waals surface area contributed by atoms with Gasteiger partial charge in [0.1, 0.15) is 6.54 Å². The van der Waals surface area contributed by atoms with Gasteiger partial charge < -0.3 is 15.0 Å². The molecule has 0 bridgehead atoms. The Morgan fingerprint density at radius 1 is 0.903 bits per heavy atom. The zero-order valence-corrected chi connectivity index (χ0v) is 17.2. The van der Waals surface area contributed by atoms with Gasteiger partial charge in [-0.3, -0.25) is 19.2 Å². The molecule has 0 saturated carbocycles. The first kappa shape index (κ1) is 20.8. The van der Waals surface area contributed by atoms with Crippen molar-refractivity contribution in [2.24, 2.45) is 0 Å². The van der Waals surface area contributed by atoms with E-state index in [4.69, 9.17) is 4.74 Å². The third-order valence-electron chi connectivity index (χ3n) is 5.69. The van der Waals surface area contributed by atoms with Crippen LogP contribution in [0.15, 0.2) is 42.5 Å². The molecule has 31 heavy (non-hydrogen) atoms. The standard InChI is InChI=1S/C24H24N2O5/c27-21(19-7-6-16-3-1-4-18(16)13-19)15-31-23(29)14-25-24(30)17-8-10-20(11-9-17)26-12-2-5-22(26)28/h6-11,13H,1-5,12,14-15H2,(H,25,30). The Bertz CT molecular complexity index is 1030. The monoisotopic (exact) mass is 420 g/mol. The molecule has 2 aromatic rings. The van der Waals surface area contributed by atoms with Gasteiger partial charge in [-0.15, -0.1) is 0 Å². The van der Waals surface area contributed by atoms with Crippen LogP contribution in [0.5, 0.6) is 0 Å². The van der Waals surface area contributed by atoms with Gasteiger partial charge in [0.2, 0.25) is 5.91 Å². The Kier molecular flexibility index (Phi) is 6.11. The van der Waals surface area contributed by atoms with E-state index >= 15 is 0 Å². The highest BCUT2D eigenvalue weighted by Gasteiger charge is 2.22. The van der Waals surface area contributed by atoms with Crippen molar-refractivity contribution in [1.82, 2.24) is 5.32 Å². The SMILES string of the molecule is O=C(CNC(=O)c1ccc(N2CCCC2=O)cc1)OCC(=O)c1ccc2c(c1)CCC2. The van der Waals surface area contributed by atoms with Crippen molar-refractivity contribution >= 4 is 29.3 Å². The number of hydrogen-bond acceptors (Lipinski definition) is 5. The summed E-state index contributed by atoms with van der Waals surface area (Å²) in [5.41, 5.74) is 4.12. The van der Waals surface area contributed by atoms with E-state index < -0.39 is 11.9 Å². The average molecular weight is 420 g/mol. The first-order chi connectivity index (χ1) is 15.0. The van der Waals surface area contributed by atoms with Crippen molar-refractivity contribution < 1.29 is 23.9 Å². The van der Waals surface area contributed by atoms with Gasteiger partial charge in [-0.05, 0) is 67.1 Å². The maximum absolute atomic E-state index is 12.3. The summed E-state index contributed by atoms with van der Waals surface area (Å²) < 4.78 is 5.01. The molecule has 2 aliphatic rings. The van der Waals surface area contributed by atoms with E-state index in [1.807, 2.05) is 12.1 Å². The number of nitrogens with one attached hydrogen (secondary N) is 1. The van der Waals surface area contributed by atoms with Gasteiger partial charge in [-0.1, -0.05) is 12.1 Å². The maximum Gasteiger partial charge on any atom is 0.325 e. The molecular weight excluding hydrogens is 396 g/mol. The molecule has 1 aliphatic heterocycles. The highest BCUT2D eigenvalue weighted by molar-refractivity contribution is 5.99. The molecule has 0 spiro atoms. The quantitative estimate of drug-likeness (QED) is 0.549. The molecule has 2 amide bonds. The van der Waals surface area contributed by atoms with Crippen molar-refractivity contribution in [2.75, 3.05) is 24.6 Å². The normalized spacial score (nSPS) is 15.0. The molecule has 0 aromatic heterocycles. The molecule has 1 aliphatic carbocycles. The maximum atomic E-state index is 12.3. The van der Waals surface area contributed by atoms with Crippen LogP contribution < -0.4 is 10.2 Å². The number of rotatable bonds is 7. The number of aryl methyl sites for hydroxylation is 2. The fraction of sp³-hybridized carbons (Fsp3) is 0.333. The van der Waals surface area contributed by atoms with Crippen LogP contribution in [0.1, 0.15) is 51.1 Å². The number of anilines is 1. The van der Waals surface area contributed by atoms with Crippen LogP contribution in [-0.4, -0.2) is 43.3 Å². The largest absolute Gasteiger partial charge is 0.456 e. The van der Waals surface area contributed by atoms with E-state index in [1.54, 1.807) is 35.2 Å². The Morgan fingerprint density at radius 3 is 2.39 bits per heavy atom. The number of carbonyl (C=O) groups excluding carboxylic acids is 4. The summed E-state index contributed by atoms with van der Waals surface area (Å²) in [6, 6.07) is 12.2. The number of nitrogens with zero attached hydrogens (tertiary/aromatic N) is 1. The predicted octanol–water partition coefficient (Wildman–Crippen LogP) is 2.46. The van der Waals surface area contributed by atoms with Crippen molar-refractivity contribution in [3.8, 4) is 0 Å². The molecule has 0 atom stereocenters. The summed E-state index contributed by atoms with van der Waals surface area (Å²) in [6.07, 6.45) is 4.48. The van der Waals surface area contributed by atoms with E-state index in [-0.39, 0.29) is 24.8 Å². The van der Waals surface area contributed by atoms with Gasteiger partial charge in [-0.2, -0.15) is 0 Å². The molecule has 1 saturated heterocycles. The lowest BCUT2D eigenvalue weighted by molar-refractivity contribution is -0.141. The lowest BCUT2D eigenvalue weighted by Crippen LogP contribution is -2.31. The van der Waals surface area contributed by atoms with E-state index in [1.165, 1.54) is 11.1 Å². The number of hydrogen-bond donors (Lipinski definition) is 1. The molecule has 0 unspecified atom stereocenters. The van der Waals surface area contributed by atoms with Crippen LogP contribution in [0.2, 0.25) is 0 Å². The Labute approximate surface area is 180 Å². The van der Waals surface area contributed by atoms with Gasteiger partial charge in [-0.25, -0.2) is 0 Å². The number of carbonyl (C=O) groups is 4. The number of amides is 2. The lowest BCUT2D eigenvalue weighted by atomic mass is 10.0. The van der Waals surface area contributed by atoms with Crippen LogP contribution in [0.4, 0.5) is 5.69 Å². The molecule has 1 N–H and O–H groups in total. The summed E-state index contributed by atoms with van der Waals surface area (Å²) in [6.45, 7) is -0.00485. The molecule has 0 radical (unpaired) electrons. The van der Waals surface area contributed by atoms with E-state index in [0.717, 1.165) is 31.4 Å². The number of esters is 1. The summed E-state index contributed by atoms with van der Waals surface area (Å²) in [5, 5.41) is 2.49. The van der Waals surface area contributed by atoms with Crippen molar-refractivity contribution in [3.05, 3.63) is 64.7 Å². The van der Waals surface area contributed by atoms with Crippen molar-refractivity contribution in [1.29, 1.82) is 0 Å². The van der Waals surface area contributed by atoms with E-state index in [2.05, 4.69) is 5.32 Å². The first-order valence-corrected chi connectivity index (χ1v) is 10.5. The average Bonchev–Trinajstić information content (AvgIpc) is 3.44. The van der Waals surface area contributed by atoms with Crippen LogP contribution in [0.25, 0.3) is 0 Å². The number of benzene rings is 2.